The molecule has 7 nitrogen and oxygen atoms in total. The zero-order chi connectivity index (χ0) is 27.9. The number of halogens is 1. The molecule has 1 unspecified atom stereocenters. The SMILES string of the molecule is CCCCC1CN(Cc2ccc(SC)cc2)c2cc(SC)c(O/C=C(\F)C(=O)OCC)cc2S(=O)(=O)N1C. The molecular weight excluding hydrogens is 548 g/mol. The average Bonchev–Trinajstić information content (AvgIpc) is 2.99. The molecule has 0 saturated carbocycles. The van der Waals surface area contributed by atoms with Crippen molar-refractivity contribution in [2.24, 2.45) is 0 Å². The van der Waals surface area contributed by atoms with Crippen LogP contribution < -0.4 is 9.64 Å². The van der Waals surface area contributed by atoms with E-state index < -0.39 is 21.8 Å². The maximum Gasteiger partial charge on any atom is 0.370 e. The van der Waals surface area contributed by atoms with Crippen LogP contribution in [0.4, 0.5) is 10.1 Å². The Bertz CT molecular complexity index is 1250. The molecule has 0 radical (unpaired) electrons. The van der Waals surface area contributed by atoms with E-state index in [4.69, 9.17) is 4.74 Å². The van der Waals surface area contributed by atoms with E-state index in [1.165, 1.54) is 22.1 Å². The van der Waals surface area contributed by atoms with Crippen LogP contribution in [0.1, 0.15) is 38.7 Å². The van der Waals surface area contributed by atoms with Crippen LogP contribution >= 0.6 is 23.5 Å². The fourth-order valence-electron chi connectivity index (χ4n) is 4.23. The van der Waals surface area contributed by atoms with E-state index in [1.54, 1.807) is 31.8 Å². The number of nitrogens with zero attached hydrogens (tertiary/aromatic N) is 2. The highest BCUT2D eigenvalue weighted by Gasteiger charge is 2.37. The molecule has 1 heterocycles. The van der Waals surface area contributed by atoms with E-state index in [0.29, 0.717) is 29.9 Å². The summed E-state index contributed by atoms with van der Waals surface area (Å²) in [6.45, 7) is 4.73. The van der Waals surface area contributed by atoms with E-state index >= 15 is 0 Å². The first-order chi connectivity index (χ1) is 18.2. The van der Waals surface area contributed by atoms with Crippen molar-refractivity contribution in [2.45, 2.75) is 60.4 Å². The van der Waals surface area contributed by atoms with E-state index in [2.05, 4.69) is 40.8 Å². The number of anilines is 1. The second-order valence-corrected chi connectivity index (χ2v) is 12.5. The largest absolute Gasteiger partial charge is 0.461 e. The molecular formula is C27H35FN2O5S3. The molecule has 0 aromatic heterocycles. The van der Waals surface area contributed by atoms with E-state index in [0.717, 1.165) is 29.7 Å². The minimum Gasteiger partial charge on any atom is -0.461 e. The van der Waals surface area contributed by atoms with Crippen molar-refractivity contribution in [2.75, 3.05) is 37.6 Å². The molecule has 0 aliphatic carbocycles. The Hall–Kier alpha value is -2.21. The van der Waals surface area contributed by atoms with Crippen LogP contribution in [0.5, 0.6) is 5.75 Å². The topological polar surface area (TPSA) is 76.1 Å². The van der Waals surface area contributed by atoms with Crippen molar-refractivity contribution < 1.29 is 27.1 Å². The number of unbranched alkanes of at least 4 members (excludes halogenated alkanes) is 1. The zero-order valence-corrected chi connectivity index (χ0v) is 24.8. The lowest BCUT2D eigenvalue weighted by Gasteiger charge is -2.30. The molecule has 0 fully saturated rings. The van der Waals surface area contributed by atoms with Gasteiger partial charge in [0.05, 0.1) is 17.2 Å². The van der Waals surface area contributed by atoms with Gasteiger partial charge in [-0.3, -0.25) is 0 Å². The van der Waals surface area contributed by atoms with Crippen molar-refractivity contribution in [3.63, 3.8) is 0 Å². The number of fused-ring (bicyclic) bond motifs is 1. The normalized spacial score (nSPS) is 17.6. The summed E-state index contributed by atoms with van der Waals surface area (Å²) in [5.74, 6) is -2.20. The minimum atomic E-state index is -3.89. The summed E-state index contributed by atoms with van der Waals surface area (Å²) < 4.78 is 53.4. The Morgan fingerprint density at radius 3 is 2.47 bits per heavy atom. The quantitative estimate of drug-likeness (QED) is 0.137. The van der Waals surface area contributed by atoms with Crippen LogP contribution in [0.15, 0.2) is 63.2 Å². The smallest absolute Gasteiger partial charge is 0.370 e. The van der Waals surface area contributed by atoms with Crippen molar-refractivity contribution in [3.8, 4) is 5.75 Å². The average molecular weight is 583 g/mol. The Morgan fingerprint density at radius 1 is 1.16 bits per heavy atom. The second kappa shape index (κ2) is 13.7. The summed E-state index contributed by atoms with van der Waals surface area (Å²) in [6.07, 6.45) is 7.10. The summed E-state index contributed by atoms with van der Waals surface area (Å²) in [5, 5.41) is 0. The lowest BCUT2D eigenvalue weighted by molar-refractivity contribution is -0.140. The summed E-state index contributed by atoms with van der Waals surface area (Å²) >= 11 is 3.01. The van der Waals surface area contributed by atoms with Crippen molar-refractivity contribution in [1.82, 2.24) is 4.31 Å². The third-order valence-corrected chi connectivity index (χ3v) is 9.81. The van der Waals surface area contributed by atoms with Crippen molar-refractivity contribution in [1.29, 1.82) is 0 Å². The molecule has 0 spiro atoms. The predicted octanol–water partition coefficient (Wildman–Crippen LogP) is 6.08. The number of sulfonamides is 1. The van der Waals surface area contributed by atoms with Crippen LogP contribution in [0, 0.1) is 0 Å². The summed E-state index contributed by atoms with van der Waals surface area (Å²) in [7, 11) is -2.28. The van der Waals surface area contributed by atoms with Crippen LogP contribution in [-0.4, -0.2) is 57.4 Å². The summed E-state index contributed by atoms with van der Waals surface area (Å²) in [6, 6.07) is 11.2. The molecule has 1 atom stereocenters. The molecule has 0 bridgehead atoms. The highest BCUT2D eigenvalue weighted by atomic mass is 32.2. The predicted molar refractivity (Wildman–Crippen MR) is 152 cm³/mol. The van der Waals surface area contributed by atoms with Gasteiger partial charge in [-0.25, -0.2) is 13.2 Å². The molecule has 1 aliphatic rings. The van der Waals surface area contributed by atoms with Crippen LogP contribution in [0.25, 0.3) is 0 Å². The summed E-state index contributed by atoms with van der Waals surface area (Å²) in [4.78, 5) is 15.6. The standard InChI is InChI=1S/C27H35FN2O5S3/c1-6-8-9-20-17-30(16-19-10-12-21(36-4)13-11-19)23-14-25(37-5)24(15-26(23)38(32,33)29(20)3)35-18-22(28)27(31)34-7-2/h10-15,18,20H,6-9,16-17H2,1-5H3/b22-18-. The van der Waals surface area contributed by atoms with E-state index in [9.17, 15) is 17.6 Å². The third kappa shape index (κ3) is 7.05. The Morgan fingerprint density at radius 2 is 1.87 bits per heavy atom. The first-order valence-corrected chi connectivity index (χ1v) is 16.3. The maximum absolute atomic E-state index is 14.2. The van der Waals surface area contributed by atoms with Gasteiger partial charge in [-0.05, 0) is 49.6 Å². The second-order valence-electron chi connectivity index (χ2n) is 8.82. The van der Waals surface area contributed by atoms with Gasteiger partial charge in [0, 0.05) is 37.1 Å². The van der Waals surface area contributed by atoms with Gasteiger partial charge in [0.15, 0.2) is 0 Å². The molecule has 208 valence electrons. The van der Waals surface area contributed by atoms with Crippen LogP contribution in [0.3, 0.4) is 0 Å². The highest BCUT2D eigenvalue weighted by Crippen LogP contribution is 2.41. The number of esters is 1. The number of carbonyl (C=O) groups is 1. The molecule has 0 amide bonds. The lowest BCUT2D eigenvalue weighted by atomic mass is 10.1. The fourth-order valence-corrected chi connectivity index (χ4v) is 6.76. The highest BCUT2D eigenvalue weighted by molar-refractivity contribution is 7.99. The number of likely N-dealkylation sites (N-methyl/N-ethyl adjacent to an activating group) is 1. The number of thioether (sulfide) groups is 2. The molecule has 2 aromatic carbocycles. The molecule has 0 N–H and O–H groups in total. The Balaban J connectivity index is 2.10. The van der Waals surface area contributed by atoms with Gasteiger partial charge in [0.2, 0.25) is 15.9 Å². The van der Waals surface area contributed by atoms with E-state index in [-0.39, 0.29) is 23.3 Å². The first-order valence-electron chi connectivity index (χ1n) is 12.4. The van der Waals surface area contributed by atoms with Crippen LogP contribution in [-0.2, 0) is 26.1 Å². The lowest BCUT2D eigenvalue weighted by Crippen LogP contribution is -2.41. The molecule has 1 aliphatic heterocycles. The Labute approximate surface area is 233 Å². The van der Waals surface area contributed by atoms with Gasteiger partial charge < -0.3 is 14.4 Å². The third-order valence-electron chi connectivity index (χ3n) is 6.37. The van der Waals surface area contributed by atoms with Gasteiger partial charge in [-0.15, -0.1) is 23.5 Å². The molecule has 0 saturated heterocycles. The van der Waals surface area contributed by atoms with Gasteiger partial charge in [0.25, 0.3) is 0 Å². The number of ether oxygens (including phenoxy) is 2. The number of hydrogen-bond donors (Lipinski definition) is 0. The first kappa shape index (κ1) is 30.3. The summed E-state index contributed by atoms with van der Waals surface area (Å²) in [5.41, 5.74) is 1.63. The molecule has 3 rings (SSSR count). The maximum atomic E-state index is 14.2. The molecule has 2 aromatic rings. The zero-order valence-electron chi connectivity index (χ0n) is 22.4. The number of rotatable bonds is 11. The van der Waals surface area contributed by atoms with Gasteiger partial charge in [-0.2, -0.15) is 8.70 Å². The fraction of sp³-hybridized carbons (Fsp3) is 0.444. The minimum absolute atomic E-state index is 0.0224. The van der Waals surface area contributed by atoms with Crippen molar-refractivity contribution >= 4 is 45.2 Å². The molecule has 38 heavy (non-hydrogen) atoms. The van der Waals surface area contributed by atoms with Gasteiger partial charge in [0.1, 0.15) is 16.9 Å². The Kier molecular flexibility index (Phi) is 11.0. The van der Waals surface area contributed by atoms with Gasteiger partial charge in [-0.1, -0.05) is 31.9 Å². The number of carbonyl (C=O) groups excluding carboxylic acids is 1. The van der Waals surface area contributed by atoms with E-state index in [1.807, 2.05) is 12.5 Å². The molecule has 11 heteroatoms. The van der Waals surface area contributed by atoms with Crippen LogP contribution in [0.2, 0.25) is 0 Å². The van der Waals surface area contributed by atoms with Gasteiger partial charge >= 0.3 is 5.97 Å². The monoisotopic (exact) mass is 582 g/mol. The number of hydrogen-bond acceptors (Lipinski definition) is 8. The van der Waals surface area contributed by atoms with Crippen molar-refractivity contribution in [3.05, 3.63) is 54.1 Å². The number of benzene rings is 2.